The zero-order valence-corrected chi connectivity index (χ0v) is 14.6. The van der Waals surface area contributed by atoms with E-state index in [0.717, 1.165) is 18.7 Å². The summed E-state index contributed by atoms with van der Waals surface area (Å²) in [5.41, 5.74) is 2.69. The first-order chi connectivity index (χ1) is 12.7. The van der Waals surface area contributed by atoms with E-state index in [1.807, 2.05) is 6.07 Å². The van der Waals surface area contributed by atoms with Crippen LogP contribution in [0.5, 0.6) is 0 Å². The highest BCUT2D eigenvalue weighted by atomic mass is 16.3. The van der Waals surface area contributed by atoms with Crippen LogP contribution < -0.4 is 5.32 Å². The van der Waals surface area contributed by atoms with Gasteiger partial charge in [0.2, 0.25) is 0 Å². The molecule has 2 aromatic rings. The van der Waals surface area contributed by atoms with Crippen molar-refractivity contribution in [3.8, 4) is 0 Å². The lowest BCUT2D eigenvalue weighted by Crippen LogP contribution is -2.87. The number of carbonyl (C=O) groups is 2. The third-order valence-electron chi connectivity index (χ3n) is 5.41. The number of nitrogens with two attached hydrogens (primary N) is 1. The Morgan fingerprint density at radius 2 is 1.92 bits per heavy atom. The lowest BCUT2D eigenvalue weighted by Gasteiger charge is -2.24. The quantitative estimate of drug-likeness (QED) is 0.675. The van der Waals surface area contributed by atoms with Crippen molar-refractivity contribution in [1.82, 2.24) is 0 Å². The Morgan fingerprint density at radius 3 is 2.69 bits per heavy atom. The molecule has 0 radical (unpaired) electrons. The van der Waals surface area contributed by atoms with Gasteiger partial charge in [-0.2, -0.15) is 0 Å². The van der Waals surface area contributed by atoms with Crippen LogP contribution in [0.1, 0.15) is 41.7 Å². The average Bonchev–Trinajstić information content (AvgIpc) is 3.19. The molecular weight excluding hydrogens is 328 g/mol. The molecule has 26 heavy (non-hydrogen) atoms. The summed E-state index contributed by atoms with van der Waals surface area (Å²) in [6, 6.07) is 12.3. The number of hydrogen-bond donors (Lipinski definition) is 1. The van der Waals surface area contributed by atoms with Crippen LogP contribution in [0.15, 0.2) is 52.1 Å². The smallest absolute Gasteiger partial charge is 0.149 e. The second kappa shape index (κ2) is 7.38. The maximum atomic E-state index is 12.4. The number of rotatable bonds is 4. The van der Waals surface area contributed by atoms with Crippen LogP contribution in [0.3, 0.4) is 0 Å². The molecule has 1 atom stereocenters. The summed E-state index contributed by atoms with van der Waals surface area (Å²) in [6.45, 7) is 1.64. The maximum Gasteiger partial charge on any atom is 0.149 e. The molecule has 1 aromatic carbocycles. The molecule has 2 aliphatic rings. The predicted molar refractivity (Wildman–Crippen MR) is 97.2 cm³/mol. The summed E-state index contributed by atoms with van der Waals surface area (Å²) in [5.74, 6) is -0.220. The molecule has 2 N–H and O–H groups in total. The van der Waals surface area contributed by atoms with Gasteiger partial charge in [-0.3, -0.25) is 14.6 Å². The van der Waals surface area contributed by atoms with Crippen LogP contribution >= 0.6 is 0 Å². The first-order valence-electron chi connectivity index (χ1n) is 9.22. The Bertz CT molecular complexity index is 808. The van der Waals surface area contributed by atoms with Gasteiger partial charge in [-0.25, -0.2) is 0 Å². The van der Waals surface area contributed by atoms with Gasteiger partial charge in [-0.1, -0.05) is 24.3 Å². The zero-order chi connectivity index (χ0) is 17.9. The van der Waals surface area contributed by atoms with Crippen molar-refractivity contribution < 1.29 is 19.3 Å². The number of aliphatic imine (C=N–C) groups is 1. The second-order valence-electron chi connectivity index (χ2n) is 7.12. The highest BCUT2D eigenvalue weighted by molar-refractivity contribution is 6.16. The minimum absolute atomic E-state index is 0.0561. The largest absolute Gasteiger partial charge is 0.469 e. The van der Waals surface area contributed by atoms with E-state index in [4.69, 9.17) is 4.42 Å². The molecule has 4 rings (SSSR count). The highest BCUT2D eigenvalue weighted by Crippen LogP contribution is 2.31. The summed E-state index contributed by atoms with van der Waals surface area (Å²) in [6.07, 6.45) is 4.91. The standard InChI is InChI=1S/C21H22N2O3/c24-19-10-15(21-6-3-9-26-21)11-20(25)17(19)12-22-13-18-16-5-2-1-4-14(16)7-8-23-18/h1-6,9,12,15,17-18,23H,7-8,10-11,13H2/p+1/t15?,17?,18-/m0/s1. The molecule has 0 bridgehead atoms. The fourth-order valence-electron chi connectivity index (χ4n) is 4.03. The molecule has 5 nitrogen and oxygen atoms in total. The highest BCUT2D eigenvalue weighted by Gasteiger charge is 2.36. The number of benzene rings is 1. The Morgan fingerprint density at radius 1 is 1.12 bits per heavy atom. The lowest BCUT2D eigenvalue weighted by atomic mass is 9.79. The zero-order valence-electron chi connectivity index (χ0n) is 14.6. The first kappa shape index (κ1) is 16.9. The van der Waals surface area contributed by atoms with E-state index in [2.05, 4.69) is 34.6 Å². The summed E-state index contributed by atoms with van der Waals surface area (Å²) in [4.78, 5) is 29.3. The molecule has 1 saturated carbocycles. The maximum absolute atomic E-state index is 12.4. The predicted octanol–water partition coefficient (Wildman–Crippen LogP) is 1.84. The summed E-state index contributed by atoms with van der Waals surface area (Å²) in [5, 5.41) is 2.29. The van der Waals surface area contributed by atoms with Gasteiger partial charge in [0, 0.05) is 37.0 Å². The number of nitrogens with zero attached hydrogens (tertiary/aromatic N) is 1. The van der Waals surface area contributed by atoms with E-state index in [9.17, 15) is 9.59 Å². The number of hydrogen-bond acceptors (Lipinski definition) is 4. The van der Waals surface area contributed by atoms with Gasteiger partial charge in [0.1, 0.15) is 29.3 Å². The van der Waals surface area contributed by atoms with E-state index in [0.29, 0.717) is 19.4 Å². The SMILES string of the molecule is O=C1CC(c2ccco2)CC(=O)C1C=NC[C@@H]1[NH2+]CCc2ccccc21. The van der Waals surface area contributed by atoms with Crippen LogP contribution in [-0.4, -0.2) is 30.9 Å². The van der Waals surface area contributed by atoms with Gasteiger partial charge in [-0.05, 0) is 17.7 Å². The number of fused-ring (bicyclic) bond motifs is 1. The molecule has 0 spiro atoms. The van der Waals surface area contributed by atoms with Crippen molar-refractivity contribution in [2.45, 2.75) is 31.2 Å². The Hall–Kier alpha value is -2.53. The number of quaternary nitrogens is 1. The normalized spacial score (nSPS) is 26.2. The van der Waals surface area contributed by atoms with Crippen molar-refractivity contribution in [3.63, 3.8) is 0 Å². The van der Waals surface area contributed by atoms with Gasteiger partial charge in [0.05, 0.1) is 19.4 Å². The molecule has 5 heteroatoms. The number of Topliss-reactive ketones (excluding diaryl/α,β-unsaturated/α-hetero) is 2. The van der Waals surface area contributed by atoms with E-state index in [-0.39, 0.29) is 23.5 Å². The van der Waals surface area contributed by atoms with Crippen LogP contribution in [-0.2, 0) is 16.0 Å². The molecule has 1 aliphatic heterocycles. The Kier molecular flexibility index (Phi) is 4.80. The van der Waals surface area contributed by atoms with E-state index in [1.165, 1.54) is 11.1 Å². The second-order valence-corrected chi connectivity index (χ2v) is 7.12. The summed E-state index contributed by atoms with van der Waals surface area (Å²) in [7, 11) is 0. The molecule has 2 heterocycles. The van der Waals surface area contributed by atoms with Gasteiger partial charge >= 0.3 is 0 Å². The van der Waals surface area contributed by atoms with Crippen molar-refractivity contribution >= 4 is 17.8 Å². The van der Waals surface area contributed by atoms with Crippen molar-refractivity contribution in [2.24, 2.45) is 10.9 Å². The number of ketones is 2. The number of furan rings is 1. The molecule has 0 saturated heterocycles. The number of carbonyl (C=O) groups excluding carboxylic acids is 2. The third-order valence-corrected chi connectivity index (χ3v) is 5.41. The third kappa shape index (κ3) is 3.40. The van der Waals surface area contributed by atoms with Gasteiger partial charge in [0.25, 0.3) is 0 Å². The monoisotopic (exact) mass is 351 g/mol. The van der Waals surface area contributed by atoms with Crippen LogP contribution in [0.25, 0.3) is 0 Å². The molecule has 0 amide bonds. The molecule has 1 aliphatic carbocycles. The van der Waals surface area contributed by atoms with E-state index in [1.54, 1.807) is 18.5 Å². The van der Waals surface area contributed by atoms with E-state index >= 15 is 0 Å². The van der Waals surface area contributed by atoms with Crippen LogP contribution in [0.4, 0.5) is 0 Å². The van der Waals surface area contributed by atoms with Crippen LogP contribution in [0, 0.1) is 5.92 Å². The topological polar surface area (TPSA) is 76.2 Å². The average molecular weight is 351 g/mol. The van der Waals surface area contributed by atoms with Crippen molar-refractivity contribution in [1.29, 1.82) is 0 Å². The molecule has 134 valence electrons. The molecule has 1 aromatic heterocycles. The van der Waals surface area contributed by atoms with Gasteiger partial charge in [-0.15, -0.1) is 0 Å². The molecule has 0 unspecified atom stereocenters. The minimum Gasteiger partial charge on any atom is -0.469 e. The van der Waals surface area contributed by atoms with E-state index < -0.39 is 5.92 Å². The molecule has 1 fully saturated rings. The Labute approximate surface area is 152 Å². The van der Waals surface area contributed by atoms with Gasteiger partial charge in [0.15, 0.2) is 0 Å². The first-order valence-corrected chi connectivity index (χ1v) is 9.22. The fourth-order valence-corrected chi connectivity index (χ4v) is 4.03. The summed E-state index contributed by atoms with van der Waals surface area (Å²) >= 11 is 0. The van der Waals surface area contributed by atoms with Crippen molar-refractivity contribution in [3.05, 3.63) is 59.5 Å². The van der Waals surface area contributed by atoms with Crippen LogP contribution in [0.2, 0.25) is 0 Å². The lowest BCUT2D eigenvalue weighted by molar-refractivity contribution is -0.696. The minimum atomic E-state index is -0.694. The fraction of sp³-hybridized carbons (Fsp3) is 0.381. The van der Waals surface area contributed by atoms with Gasteiger partial charge < -0.3 is 9.73 Å². The summed E-state index contributed by atoms with van der Waals surface area (Å²) < 4.78 is 5.36. The Balaban J connectivity index is 1.40. The molecular formula is C21H23N2O3+. The van der Waals surface area contributed by atoms with Crippen molar-refractivity contribution in [2.75, 3.05) is 13.1 Å².